The van der Waals surface area contributed by atoms with E-state index in [1.807, 2.05) is 0 Å². The molecule has 2 fully saturated rings. The van der Waals surface area contributed by atoms with Crippen LogP contribution in [0.3, 0.4) is 0 Å². The van der Waals surface area contributed by atoms with Crippen molar-refractivity contribution < 1.29 is 28.6 Å². The Hall–Kier alpha value is -2.58. The number of rotatable bonds is 3. The van der Waals surface area contributed by atoms with E-state index in [0.29, 0.717) is 42.6 Å². The third kappa shape index (κ3) is 4.40. The number of amides is 1. The van der Waals surface area contributed by atoms with E-state index in [2.05, 4.69) is 5.32 Å². The number of nitrogens with zero attached hydrogens (tertiary/aromatic N) is 1. The Morgan fingerprint density at radius 2 is 1.81 bits per heavy atom. The molecule has 0 radical (unpaired) electrons. The van der Waals surface area contributed by atoms with Crippen LogP contribution in [0.4, 0.5) is 5.69 Å². The van der Waals surface area contributed by atoms with Gasteiger partial charge >= 0.3 is 11.9 Å². The van der Waals surface area contributed by atoms with Crippen LogP contribution in [-0.4, -0.2) is 54.8 Å². The van der Waals surface area contributed by atoms with Gasteiger partial charge in [0.1, 0.15) is 0 Å². The predicted octanol–water partition coefficient (Wildman–Crippen LogP) is 1.94. The fraction of sp³-hybridized carbons (Fsp3) is 0.389. The van der Waals surface area contributed by atoms with Gasteiger partial charge in [0.25, 0.3) is 11.7 Å². The molecule has 27 heavy (non-hydrogen) atoms. The minimum atomic E-state index is -1.31. The fourth-order valence-electron chi connectivity index (χ4n) is 2.65. The molecule has 1 amide bonds. The average molecular weight is 395 g/mol. The smallest absolute Gasteiger partial charge is 0.350 e. The minimum Gasteiger partial charge on any atom is -0.419 e. The molecule has 2 aliphatic heterocycles. The van der Waals surface area contributed by atoms with Crippen molar-refractivity contribution in [2.24, 2.45) is 0 Å². The molecule has 144 valence electrons. The lowest BCUT2D eigenvalue weighted by Gasteiger charge is -2.29. The van der Waals surface area contributed by atoms with Gasteiger partial charge in [0.2, 0.25) is 0 Å². The first-order chi connectivity index (χ1) is 12.8. The van der Waals surface area contributed by atoms with E-state index >= 15 is 0 Å². The highest BCUT2D eigenvalue weighted by molar-refractivity contribution is 6.33. The molecule has 0 aromatic heterocycles. The zero-order valence-electron chi connectivity index (χ0n) is 14.9. The van der Waals surface area contributed by atoms with Gasteiger partial charge in [-0.05, 0) is 18.2 Å². The molecule has 0 saturated carbocycles. The summed E-state index contributed by atoms with van der Waals surface area (Å²) in [7, 11) is 0. The molecule has 0 bridgehead atoms. The van der Waals surface area contributed by atoms with Crippen molar-refractivity contribution in [1.82, 2.24) is 4.90 Å². The Balaban J connectivity index is 1.78. The Morgan fingerprint density at radius 3 is 2.44 bits per heavy atom. The van der Waals surface area contributed by atoms with Gasteiger partial charge in [0.05, 0.1) is 23.9 Å². The maximum Gasteiger partial charge on any atom is 0.350 e. The largest absolute Gasteiger partial charge is 0.419 e. The first kappa shape index (κ1) is 19.2. The van der Waals surface area contributed by atoms with Crippen LogP contribution < -0.4 is 5.32 Å². The van der Waals surface area contributed by atoms with Gasteiger partial charge in [0, 0.05) is 38.7 Å². The molecule has 0 aliphatic carbocycles. The maximum atomic E-state index is 12.6. The van der Waals surface area contributed by atoms with Crippen molar-refractivity contribution >= 4 is 35.1 Å². The van der Waals surface area contributed by atoms with Crippen molar-refractivity contribution in [1.29, 1.82) is 0 Å². The van der Waals surface area contributed by atoms with Crippen LogP contribution in [0.2, 0.25) is 5.02 Å². The number of cyclic esters (lactones) is 2. The second-order valence-electron chi connectivity index (χ2n) is 6.48. The van der Waals surface area contributed by atoms with Gasteiger partial charge in [-0.3, -0.25) is 4.79 Å². The highest BCUT2D eigenvalue weighted by Gasteiger charge is 2.39. The molecule has 0 unspecified atom stereocenters. The van der Waals surface area contributed by atoms with E-state index < -0.39 is 17.7 Å². The predicted molar refractivity (Wildman–Crippen MR) is 96.1 cm³/mol. The van der Waals surface area contributed by atoms with Crippen LogP contribution in [0.1, 0.15) is 24.2 Å². The number of halogens is 1. The molecule has 0 atom stereocenters. The number of nitrogens with one attached hydrogen (secondary N) is 1. The molecular weight excluding hydrogens is 376 g/mol. The topological polar surface area (TPSA) is 94.2 Å². The highest BCUT2D eigenvalue weighted by Crippen LogP contribution is 2.26. The summed E-state index contributed by atoms with van der Waals surface area (Å²) >= 11 is 6.15. The first-order valence-corrected chi connectivity index (χ1v) is 8.74. The first-order valence-electron chi connectivity index (χ1n) is 8.37. The number of carbonyl (C=O) groups excluding carboxylic acids is 3. The van der Waals surface area contributed by atoms with E-state index in [9.17, 15) is 14.4 Å². The Labute approximate surface area is 161 Å². The highest BCUT2D eigenvalue weighted by atomic mass is 35.5. The third-order valence-corrected chi connectivity index (χ3v) is 4.33. The quantitative estimate of drug-likeness (QED) is 0.475. The number of anilines is 1. The zero-order chi connectivity index (χ0) is 19.6. The SMILES string of the molecule is CC1(C)OC(=O)C(=CNc2cc(C(=O)N3CCOCC3)ccc2Cl)C(=O)O1. The summed E-state index contributed by atoms with van der Waals surface area (Å²) < 4.78 is 15.3. The van der Waals surface area contributed by atoms with E-state index in [0.717, 1.165) is 6.20 Å². The number of ether oxygens (including phenoxy) is 3. The summed E-state index contributed by atoms with van der Waals surface area (Å²) in [6, 6.07) is 4.74. The van der Waals surface area contributed by atoms with Crippen LogP contribution in [0.5, 0.6) is 0 Å². The number of carbonyl (C=O) groups is 3. The summed E-state index contributed by atoms with van der Waals surface area (Å²) in [6.07, 6.45) is 1.16. The second-order valence-corrected chi connectivity index (χ2v) is 6.89. The van der Waals surface area contributed by atoms with Crippen molar-refractivity contribution in [3.63, 3.8) is 0 Å². The van der Waals surface area contributed by atoms with E-state index in [1.165, 1.54) is 13.8 Å². The Bertz CT molecular complexity index is 792. The van der Waals surface area contributed by atoms with Gasteiger partial charge in [-0.15, -0.1) is 0 Å². The number of hydrogen-bond donors (Lipinski definition) is 1. The van der Waals surface area contributed by atoms with Gasteiger partial charge in [-0.1, -0.05) is 11.6 Å². The van der Waals surface area contributed by atoms with Crippen LogP contribution in [-0.2, 0) is 23.8 Å². The maximum absolute atomic E-state index is 12.6. The summed E-state index contributed by atoms with van der Waals surface area (Å²) in [5, 5.41) is 3.10. The summed E-state index contributed by atoms with van der Waals surface area (Å²) in [5.41, 5.74) is 0.501. The van der Waals surface area contributed by atoms with E-state index in [4.69, 9.17) is 25.8 Å². The summed E-state index contributed by atoms with van der Waals surface area (Å²) in [4.78, 5) is 38.2. The standard InChI is InChI=1S/C18H19ClN2O6/c1-18(2)26-16(23)12(17(24)27-18)10-20-14-9-11(3-4-13(14)19)15(22)21-5-7-25-8-6-21/h3-4,9-10,20H,5-8H2,1-2H3. The third-order valence-electron chi connectivity index (χ3n) is 4.00. The second kappa shape index (κ2) is 7.58. The monoisotopic (exact) mass is 394 g/mol. The normalized spacial score (nSPS) is 19.2. The Kier molecular flexibility index (Phi) is 5.38. The van der Waals surface area contributed by atoms with Crippen LogP contribution in [0, 0.1) is 0 Å². The molecule has 1 aromatic rings. The molecule has 9 heteroatoms. The molecule has 8 nitrogen and oxygen atoms in total. The van der Waals surface area contributed by atoms with Gasteiger partial charge in [-0.25, -0.2) is 9.59 Å². The number of esters is 2. The molecule has 2 saturated heterocycles. The number of hydrogen-bond acceptors (Lipinski definition) is 7. The molecule has 2 heterocycles. The van der Waals surface area contributed by atoms with Gasteiger partial charge in [-0.2, -0.15) is 0 Å². The number of benzene rings is 1. The van der Waals surface area contributed by atoms with E-state index in [1.54, 1.807) is 23.1 Å². The lowest BCUT2D eigenvalue weighted by molar-refractivity contribution is -0.222. The molecule has 3 rings (SSSR count). The molecule has 1 N–H and O–H groups in total. The van der Waals surface area contributed by atoms with Crippen molar-refractivity contribution in [2.75, 3.05) is 31.6 Å². The van der Waals surface area contributed by atoms with Crippen LogP contribution in [0.25, 0.3) is 0 Å². The van der Waals surface area contributed by atoms with Crippen LogP contribution >= 0.6 is 11.6 Å². The van der Waals surface area contributed by atoms with Gasteiger partial charge in [0.15, 0.2) is 5.57 Å². The molecule has 0 spiro atoms. The van der Waals surface area contributed by atoms with Crippen molar-refractivity contribution in [3.8, 4) is 0 Å². The Morgan fingerprint density at radius 1 is 1.19 bits per heavy atom. The zero-order valence-corrected chi connectivity index (χ0v) is 15.7. The van der Waals surface area contributed by atoms with Gasteiger partial charge < -0.3 is 24.4 Å². The number of morpholine rings is 1. The summed E-state index contributed by atoms with van der Waals surface area (Å²) in [6.45, 7) is 4.95. The molecule has 1 aromatic carbocycles. The molecular formula is C18H19ClN2O6. The lowest BCUT2D eigenvalue weighted by Crippen LogP contribution is -2.42. The molecule has 2 aliphatic rings. The van der Waals surface area contributed by atoms with Crippen molar-refractivity contribution in [3.05, 3.63) is 40.6 Å². The fourth-order valence-corrected chi connectivity index (χ4v) is 2.82. The van der Waals surface area contributed by atoms with Crippen LogP contribution in [0.15, 0.2) is 30.0 Å². The minimum absolute atomic E-state index is 0.149. The van der Waals surface area contributed by atoms with Crippen molar-refractivity contribution in [2.45, 2.75) is 19.6 Å². The lowest BCUT2D eigenvalue weighted by atomic mass is 10.1. The summed E-state index contributed by atoms with van der Waals surface area (Å²) in [5.74, 6) is -3.07. The van der Waals surface area contributed by atoms with E-state index in [-0.39, 0.29) is 11.5 Å². The average Bonchev–Trinajstić information content (AvgIpc) is 2.61.